The molecule has 17 heavy (non-hydrogen) atoms. The van der Waals surface area contributed by atoms with E-state index in [1.54, 1.807) is 0 Å². The van der Waals surface area contributed by atoms with Crippen LogP contribution in [0.2, 0.25) is 0 Å². The summed E-state index contributed by atoms with van der Waals surface area (Å²) < 4.78 is 0. The zero-order chi connectivity index (χ0) is 11.5. The third-order valence-electron chi connectivity index (χ3n) is 2.96. The zero-order valence-electron chi connectivity index (χ0n) is 9.73. The molecule has 2 aromatic rings. The number of fused-ring (bicyclic) bond motifs is 1. The molecule has 0 heterocycles. The van der Waals surface area contributed by atoms with E-state index in [-0.39, 0.29) is 12.4 Å². The van der Waals surface area contributed by atoms with Crippen LogP contribution >= 0.6 is 12.4 Å². The van der Waals surface area contributed by atoms with Crippen molar-refractivity contribution in [3.63, 3.8) is 0 Å². The molecule has 0 saturated heterocycles. The van der Waals surface area contributed by atoms with Gasteiger partial charge in [0.25, 0.3) is 0 Å². The molecule has 0 aliphatic heterocycles. The third-order valence-corrected chi connectivity index (χ3v) is 2.96. The fourth-order valence-electron chi connectivity index (χ4n) is 2.14. The fraction of sp³-hybridized carbons (Fsp3) is 0.214. The third kappa shape index (κ3) is 2.41. The number of aryl methyl sites for hydroxylation is 1. The van der Waals surface area contributed by atoms with Crippen LogP contribution in [0.15, 0.2) is 30.3 Å². The first-order valence-electron chi connectivity index (χ1n) is 5.39. The summed E-state index contributed by atoms with van der Waals surface area (Å²) in [7, 11) is 0. The Labute approximate surface area is 107 Å². The Morgan fingerprint density at radius 2 is 2.00 bits per heavy atom. The standard InChI is InChI=1S/C14H14N2.ClH/c1-10-13-5-3-2-4-11(13)8-12(9-16)14(10)6-7-15;/h2-5,8H,6-7,15H2,1H3;1H. The van der Waals surface area contributed by atoms with E-state index in [2.05, 4.69) is 19.1 Å². The second kappa shape index (κ2) is 5.67. The molecule has 2 aromatic carbocycles. The summed E-state index contributed by atoms with van der Waals surface area (Å²) >= 11 is 0. The van der Waals surface area contributed by atoms with Crippen molar-refractivity contribution in [2.45, 2.75) is 13.3 Å². The summed E-state index contributed by atoms with van der Waals surface area (Å²) in [6, 6.07) is 12.3. The second-order valence-corrected chi connectivity index (χ2v) is 3.90. The molecule has 0 unspecified atom stereocenters. The van der Waals surface area contributed by atoms with Gasteiger partial charge in [-0.1, -0.05) is 24.3 Å². The van der Waals surface area contributed by atoms with Crippen molar-refractivity contribution in [3.8, 4) is 6.07 Å². The van der Waals surface area contributed by atoms with Gasteiger partial charge in [-0.3, -0.25) is 0 Å². The lowest BCUT2D eigenvalue weighted by Crippen LogP contribution is -2.06. The van der Waals surface area contributed by atoms with Gasteiger partial charge in [-0.05, 0) is 47.9 Å². The molecular weight excluding hydrogens is 232 g/mol. The minimum absolute atomic E-state index is 0. The molecule has 0 fully saturated rings. The Balaban J connectivity index is 0.00000144. The van der Waals surface area contributed by atoms with E-state index in [1.165, 1.54) is 10.9 Å². The van der Waals surface area contributed by atoms with E-state index in [1.807, 2.05) is 24.3 Å². The zero-order valence-corrected chi connectivity index (χ0v) is 10.6. The summed E-state index contributed by atoms with van der Waals surface area (Å²) in [5, 5.41) is 11.5. The number of nitrogens with zero attached hydrogens (tertiary/aromatic N) is 1. The molecular formula is C14H15ClN2. The van der Waals surface area contributed by atoms with Crippen LogP contribution in [-0.4, -0.2) is 6.54 Å². The predicted molar refractivity (Wildman–Crippen MR) is 73.4 cm³/mol. The van der Waals surface area contributed by atoms with Gasteiger partial charge in [-0.2, -0.15) is 5.26 Å². The van der Waals surface area contributed by atoms with E-state index in [9.17, 15) is 0 Å². The van der Waals surface area contributed by atoms with Gasteiger partial charge in [-0.25, -0.2) is 0 Å². The Morgan fingerprint density at radius 1 is 1.29 bits per heavy atom. The van der Waals surface area contributed by atoms with Crippen molar-refractivity contribution < 1.29 is 0 Å². The highest BCUT2D eigenvalue weighted by molar-refractivity contribution is 5.88. The van der Waals surface area contributed by atoms with Crippen LogP contribution in [0.4, 0.5) is 0 Å². The van der Waals surface area contributed by atoms with Gasteiger partial charge in [0.05, 0.1) is 11.6 Å². The van der Waals surface area contributed by atoms with Crippen molar-refractivity contribution in [1.82, 2.24) is 0 Å². The molecule has 0 amide bonds. The molecule has 0 aromatic heterocycles. The largest absolute Gasteiger partial charge is 0.330 e. The van der Waals surface area contributed by atoms with Crippen LogP contribution in [0.5, 0.6) is 0 Å². The first-order chi connectivity index (χ1) is 7.77. The van der Waals surface area contributed by atoms with Gasteiger partial charge >= 0.3 is 0 Å². The quantitative estimate of drug-likeness (QED) is 0.886. The Bertz CT molecular complexity index is 570. The maximum absolute atomic E-state index is 9.14. The molecule has 88 valence electrons. The van der Waals surface area contributed by atoms with E-state index >= 15 is 0 Å². The Hall–Kier alpha value is -1.56. The summed E-state index contributed by atoms with van der Waals surface area (Å²) in [5.41, 5.74) is 8.61. The lowest BCUT2D eigenvalue weighted by Gasteiger charge is -2.10. The number of rotatable bonds is 2. The molecule has 0 aliphatic rings. The van der Waals surface area contributed by atoms with Crippen LogP contribution in [0.25, 0.3) is 10.8 Å². The number of hydrogen-bond donors (Lipinski definition) is 1. The van der Waals surface area contributed by atoms with Crippen LogP contribution < -0.4 is 5.73 Å². The van der Waals surface area contributed by atoms with Crippen molar-refractivity contribution in [1.29, 1.82) is 5.26 Å². The predicted octanol–water partition coefficient (Wildman–Crippen LogP) is 2.94. The van der Waals surface area contributed by atoms with Crippen molar-refractivity contribution in [2.75, 3.05) is 6.54 Å². The number of nitriles is 1. The smallest absolute Gasteiger partial charge is 0.0994 e. The van der Waals surface area contributed by atoms with Gasteiger partial charge in [0.2, 0.25) is 0 Å². The monoisotopic (exact) mass is 246 g/mol. The molecule has 2 rings (SSSR count). The number of hydrogen-bond acceptors (Lipinski definition) is 2. The molecule has 0 radical (unpaired) electrons. The highest BCUT2D eigenvalue weighted by atomic mass is 35.5. The molecule has 0 spiro atoms. The molecule has 2 N–H and O–H groups in total. The fourth-order valence-corrected chi connectivity index (χ4v) is 2.14. The van der Waals surface area contributed by atoms with E-state index in [4.69, 9.17) is 11.0 Å². The number of nitrogens with two attached hydrogens (primary N) is 1. The van der Waals surface area contributed by atoms with Crippen molar-refractivity contribution in [3.05, 3.63) is 47.0 Å². The maximum atomic E-state index is 9.14. The van der Waals surface area contributed by atoms with Gasteiger partial charge in [-0.15, -0.1) is 12.4 Å². The summed E-state index contributed by atoms with van der Waals surface area (Å²) in [6.45, 7) is 2.64. The van der Waals surface area contributed by atoms with E-state index in [0.717, 1.165) is 22.9 Å². The average molecular weight is 247 g/mol. The van der Waals surface area contributed by atoms with Crippen molar-refractivity contribution in [2.24, 2.45) is 5.73 Å². The van der Waals surface area contributed by atoms with E-state index < -0.39 is 0 Å². The average Bonchev–Trinajstić information content (AvgIpc) is 2.33. The molecule has 2 nitrogen and oxygen atoms in total. The lowest BCUT2D eigenvalue weighted by molar-refractivity contribution is 0.957. The maximum Gasteiger partial charge on any atom is 0.0994 e. The molecule has 3 heteroatoms. The minimum atomic E-state index is 0. The highest BCUT2D eigenvalue weighted by Gasteiger charge is 2.08. The summed E-state index contributed by atoms with van der Waals surface area (Å²) in [6.07, 6.45) is 0.763. The molecule has 0 bridgehead atoms. The van der Waals surface area contributed by atoms with Crippen LogP contribution in [-0.2, 0) is 6.42 Å². The molecule has 0 atom stereocenters. The lowest BCUT2D eigenvalue weighted by atomic mass is 9.93. The summed E-state index contributed by atoms with van der Waals surface area (Å²) in [5.74, 6) is 0. The highest BCUT2D eigenvalue weighted by Crippen LogP contribution is 2.25. The number of benzene rings is 2. The molecule has 0 saturated carbocycles. The number of halogens is 1. The van der Waals surface area contributed by atoms with Crippen LogP contribution in [0.3, 0.4) is 0 Å². The topological polar surface area (TPSA) is 49.8 Å². The van der Waals surface area contributed by atoms with E-state index in [0.29, 0.717) is 6.54 Å². The van der Waals surface area contributed by atoms with Gasteiger partial charge in [0.1, 0.15) is 0 Å². The second-order valence-electron chi connectivity index (χ2n) is 3.90. The Kier molecular flexibility index (Phi) is 4.51. The van der Waals surface area contributed by atoms with Crippen LogP contribution in [0.1, 0.15) is 16.7 Å². The van der Waals surface area contributed by atoms with Crippen LogP contribution in [0, 0.1) is 18.3 Å². The van der Waals surface area contributed by atoms with Crippen molar-refractivity contribution >= 4 is 23.2 Å². The first kappa shape index (κ1) is 13.5. The van der Waals surface area contributed by atoms with Gasteiger partial charge in [0.15, 0.2) is 0 Å². The first-order valence-corrected chi connectivity index (χ1v) is 5.39. The van der Waals surface area contributed by atoms with Gasteiger partial charge < -0.3 is 5.73 Å². The summed E-state index contributed by atoms with van der Waals surface area (Å²) in [4.78, 5) is 0. The SMILES string of the molecule is Cc1c(CCN)c(C#N)cc2ccccc12.Cl. The normalized spacial score (nSPS) is 9.71. The Morgan fingerprint density at radius 3 is 2.65 bits per heavy atom. The molecule has 0 aliphatic carbocycles. The van der Waals surface area contributed by atoms with Gasteiger partial charge in [0, 0.05) is 0 Å². The minimum Gasteiger partial charge on any atom is -0.330 e.